The Labute approximate surface area is 68.6 Å². The number of tetrazole rings is 1. The van der Waals surface area contributed by atoms with Crippen LogP contribution in [0.2, 0.25) is 0 Å². The molecule has 0 aliphatic rings. The quantitative estimate of drug-likeness (QED) is 0.595. The Balaban J connectivity index is 2.60. The van der Waals surface area contributed by atoms with Crippen LogP contribution in [-0.4, -0.2) is 30.2 Å². The van der Waals surface area contributed by atoms with Crippen LogP contribution in [-0.2, 0) is 0 Å². The van der Waals surface area contributed by atoms with E-state index in [0.29, 0.717) is 11.7 Å². The Morgan fingerprint density at radius 1 is 1.42 bits per heavy atom. The van der Waals surface area contributed by atoms with Gasteiger partial charge in [-0.1, -0.05) is 23.6 Å². The van der Waals surface area contributed by atoms with Gasteiger partial charge in [-0.15, -0.1) is 5.10 Å². The van der Waals surface area contributed by atoms with Crippen LogP contribution in [0, 0.1) is 0 Å². The van der Waals surface area contributed by atoms with E-state index in [2.05, 4.69) is 25.6 Å². The molecule has 0 spiro atoms. The summed E-state index contributed by atoms with van der Waals surface area (Å²) < 4.78 is 1.33. The van der Waals surface area contributed by atoms with Crippen molar-refractivity contribution in [1.82, 2.24) is 30.2 Å². The van der Waals surface area contributed by atoms with E-state index in [1.54, 1.807) is 6.20 Å². The van der Waals surface area contributed by atoms with E-state index in [1.165, 1.54) is 4.63 Å². The molecule has 0 radical (unpaired) electrons. The lowest BCUT2D eigenvalue weighted by molar-refractivity contribution is 0.673. The lowest BCUT2D eigenvalue weighted by Crippen LogP contribution is -2.02. The van der Waals surface area contributed by atoms with Gasteiger partial charge in [-0.25, -0.2) is 4.98 Å². The van der Waals surface area contributed by atoms with Crippen LogP contribution in [0.4, 0.5) is 0 Å². The first-order valence-corrected chi connectivity index (χ1v) is 3.68. The van der Waals surface area contributed by atoms with E-state index < -0.39 is 0 Å². The maximum atomic E-state index is 4.15. The van der Waals surface area contributed by atoms with Crippen molar-refractivity contribution in [3.63, 3.8) is 0 Å². The van der Waals surface area contributed by atoms with Gasteiger partial charge in [-0.05, 0) is 16.3 Å². The highest BCUT2D eigenvalue weighted by atomic mass is 15.6. The number of aromatic nitrogens is 6. The van der Waals surface area contributed by atoms with Crippen LogP contribution in [0.1, 0.15) is 25.5 Å². The molecule has 0 aromatic carbocycles. The summed E-state index contributed by atoms with van der Waals surface area (Å²) in [6.45, 7) is 4.08. The van der Waals surface area contributed by atoms with E-state index >= 15 is 0 Å². The monoisotopic (exact) mass is 164 g/mol. The van der Waals surface area contributed by atoms with Crippen molar-refractivity contribution < 1.29 is 0 Å². The molecule has 0 aliphatic heterocycles. The molecule has 0 amide bonds. The molecular formula is C6H8N6. The smallest absolute Gasteiger partial charge is 0.215 e. The fourth-order valence-electron chi connectivity index (χ4n) is 0.844. The molecule has 0 atom stereocenters. The maximum absolute atomic E-state index is 4.15. The predicted molar refractivity (Wildman–Crippen MR) is 40.5 cm³/mol. The first kappa shape index (κ1) is 7.08. The van der Waals surface area contributed by atoms with Crippen LogP contribution >= 0.6 is 0 Å². The summed E-state index contributed by atoms with van der Waals surface area (Å²) in [5.41, 5.74) is 0.884. The van der Waals surface area contributed by atoms with Gasteiger partial charge in [0.25, 0.3) is 5.78 Å². The van der Waals surface area contributed by atoms with Gasteiger partial charge in [-0.3, -0.25) is 0 Å². The lowest BCUT2D eigenvalue weighted by atomic mass is 10.2. The molecule has 2 aromatic heterocycles. The summed E-state index contributed by atoms with van der Waals surface area (Å²) >= 11 is 0. The van der Waals surface area contributed by atoms with E-state index in [4.69, 9.17) is 0 Å². The van der Waals surface area contributed by atoms with Crippen molar-refractivity contribution in [1.29, 1.82) is 0 Å². The molecular weight excluding hydrogens is 156 g/mol. The molecule has 0 fully saturated rings. The fraction of sp³-hybridized carbons (Fsp3) is 0.500. The Morgan fingerprint density at radius 2 is 2.25 bits per heavy atom. The van der Waals surface area contributed by atoms with Gasteiger partial charge in [0.15, 0.2) is 0 Å². The summed E-state index contributed by atoms with van der Waals surface area (Å²) in [6, 6.07) is 0. The zero-order valence-corrected chi connectivity index (χ0v) is 6.84. The zero-order chi connectivity index (χ0) is 8.55. The molecule has 0 unspecified atom stereocenters. The predicted octanol–water partition coefficient (Wildman–Crippen LogP) is 0.0377. The van der Waals surface area contributed by atoms with Gasteiger partial charge in [0, 0.05) is 0 Å². The number of fused-ring (bicyclic) bond motifs is 1. The molecule has 2 aromatic rings. The van der Waals surface area contributed by atoms with Crippen LogP contribution in [0.3, 0.4) is 0 Å². The van der Waals surface area contributed by atoms with Crippen LogP contribution in [0.5, 0.6) is 0 Å². The second-order valence-corrected chi connectivity index (χ2v) is 2.81. The van der Waals surface area contributed by atoms with Crippen molar-refractivity contribution in [3.05, 3.63) is 11.9 Å². The minimum Gasteiger partial charge on any atom is -0.215 e. The first-order chi connectivity index (χ1) is 5.77. The molecule has 0 bridgehead atoms. The third-order valence-electron chi connectivity index (χ3n) is 1.55. The molecule has 0 saturated heterocycles. The summed E-state index contributed by atoms with van der Waals surface area (Å²) in [4.78, 5) is 4.03. The Bertz CT molecular complexity index is 392. The lowest BCUT2D eigenvalue weighted by Gasteiger charge is -2.00. The minimum absolute atomic E-state index is 0.339. The molecule has 6 nitrogen and oxygen atoms in total. The molecule has 12 heavy (non-hydrogen) atoms. The number of rotatable bonds is 1. The molecule has 0 N–H and O–H groups in total. The Morgan fingerprint density at radius 3 is 3.00 bits per heavy atom. The molecule has 6 heteroatoms. The molecule has 0 aliphatic carbocycles. The van der Waals surface area contributed by atoms with Crippen LogP contribution in [0.25, 0.3) is 5.78 Å². The van der Waals surface area contributed by atoms with Gasteiger partial charge in [0.05, 0.1) is 11.9 Å². The van der Waals surface area contributed by atoms with E-state index in [0.717, 1.165) is 5.69 Å². The number of hydrogen-bond donors (Lipinski definition) is 0. The molecule has 2 heterocycles. The van der Waals surface area contributed by atoms with Crippen LogP contribution < -0.4 is 0 Å². The third-order valence-corrected chi connectivity index (χ3v) is 1.55. The van der Waals surface area contributed by atoms with Crippen molar-refractivity contribution in [2.24, 2.45) is 0 Å². The first-order valence-electron chi connectivity index (χ1n) is 3.68. The van der Waals surface area contributed by atoms with E-state index in [1.807, 2.05) is 13.8 Å². The fourth-order valence-corrected chi connectivity index (χ4v) is 0.844. The topological polar surface area (TPSA) is 68.9 Å². The third kappa shape index (κ3) is 1.01. The zero-order valence-electron chi connectivity index (χ0n) is 6.84. The molecule has 0 saturated carbocycles. The van der Waals surface area contributed by atoms with E-state index in [9.17, 15) is 0 Å². The standard InChI is InChI=1S/C6H8N6/c1-4(2)5-3-7-6-8-10-11-12(6)9-5/h3-4H,1-2H3. The van der Waals surface area contributed by atoms with Crippen LogP contribution in [0.15, 0.2) is 6.20 Å². The van der Waals surface area contributed by atoms with Crippen molar-refractivity contribution >= 4 is 5.78 Å². The Hall–Kier alpha value is -1.59. The summed E-state index contributed by atoms with van der Waals surface area (Å²) in [5.74, 6) is 0.769. The largest absolute Gasteiger partial charge is 0.291 e. The van der Waals surface area contributed by atoms with Crippen molar-refractivity contribution in [2.75, 3.05) is 0 Å². The molecule has 62 valence electrons. The summed E-state index contributed by atoms with van der Waals surface area (Å²) in [6.07, 6.45) is 1.69. The number of hydrogen-bond acceptors (Lipinski definition) is 5. The van der Waals surface area contributed by atoms with Crippen molar-refractivity contribution in [3.8, 4) is 0 Å². The maximum Gasteiger partial charge on any atom is 0.291 e. The second-order valence-electron chi connectivity index (χ2n) is 2.81. The SMILES string of the molecule is CC(C)c1cnc2nnnn2n1. The number of nitrogens with zero attached hydrogens (tertiary/aromatic N) is 6. The van der Waals surface area contributed by atoms with Gasteiger partial charge in [0.2, 0.25) is 0 Å². The highest BCUT2D eigenvalue weighted by molar-refractivity contribution is 5.19. The highest BCUT2D eigenvalue weighted by Gasteiger charge is 2.04. The minimum atomic E-state index is 0.339. The average Bonchev–Trinajstić information content (AvgIpc) is 2.49. The highest BCUT2D eigenvalue weighted by Crippen LogP contribution is 2.07. The van der Waals surface area contributed by atoms with Gasteiger partial charge >= 0.3 is 0 Å². The Kier molecular flexibility index (Phi) is 1.46. The van der Waals surface area contributed by atoms with Gasteiger partial charge in [-0.2, -0.15) is 0 Å². The van der Waals surface area contributed by atoms with Gasteiger partial charge < -0.3 is 0 Å². The van der Waals surface area contributed by atoms with E-state index in [-0.39, 0.29) is 0 Å². The molecule has 2 rings (SSSR count). The second kappa shape index (κ2) is 2.47. The average molecular weight is 164 g/mol. The summed E-state index contributed by atoms with van der Waals surface area (Å²) in [5, 5.41) is 14.9. The summed E-state index contributed by atoms with van der Waals surface area (Å²) in [7, 11) is 0. The normalized spacial score (nSPS) is 11.2. The van der Waals surface area contributed by atoms with Crippen molar-refractivity contribution in [2.45, 2.75) is 19.8 Å². The van der Waals surface area contributed by atoms with Gasteiger partial charge in [0.1, 0.15) is 0 Å².